The molecule has 7 heteroatoms. The third-order valence-corrected chi connectivity index (χ3v) is 2.90. The van der Waals surface area contributed by atoms with Crippen molar-refractivity contribution >= 4 is 13.1 Å². The van der Waals surface area contributed by atoms with Gasteiger partial charge in [-0.2, -0.15) is 0 Å². The zero-order valence-corrected chi connectivity index (χ0v) is 10.3. The highest BCUT2D eigenvalue weighted by Crippen LogP contribution is 2.33. The van der Waals surface area contributed by atoms with Crippen molar-refractivity contribution in [2.45, 2.75) is 44.8 Å². The summed E-state index contributed by atoms with van der Waals surface area (Å²) in [4.78, 5) is 10.8. The highest BCUT2D eigenvalue weighted by Gasteiger charge is 2.53. The summed E-state index contributed by atoms with van der Waals surface area (Å²) in [5.41, 5.74) is 0. The predicted octanol–water partition coefficient (Wildman–Crippen LogP) is 0.213. The van der Waals surface area contributed by atoms with Gasteiger partial charge in [-0.1, -0.05) is 6.92 Å². The second-order valence-corrected chi connectivity index (χ2v) is 4.12. The summed E-state index contributed by atoms with van der Waals surface area (Å²) < 4.78 is 27.1. The maximum atomic E-state index is 10.8. The van der Waals surface area contributed by atoms with Crippen molar-refractivity contribution in [3.63, 3.8) is 0 Å². The van der Waals surface area contributed by atoms with Crippen LogP contribution in [0, 0.1) is 0 Å². The summed E-state index contributed by atoms with van der Waals surface area (Å²) in [5.74, 6) is -0.336. The van der Waals surface area contributed by atoms with Crippen LogP contribution in [0.15, 0.2) is 0 Å². The highest BCUT2D eigenvalue weighted by atomic mass is 16.8. The minimum Gasteiger partial charge on any atom is -0.463 e. The van der Waals surface area contributed by atoms with Crippen molar-refractivity contribution < 1.29 is 28.3 Å². The molecule has 0 amide bonds. The average molecular weight is 244 g/mol. The van der Waals surface area contributed by atoms with Crippen molar-refractivity contribution in [1.82, 2.24) is 0 Å². The van der Waals surface area contributed by atoms with E-state index < -0.39 is 6.29 Å². The van der Waals surface area contributed by atoms with Crippen LogP contribution in [0.25, 0.3) is 0 Å². The van der Waals surface area contributed by atoms with E-state index in [2.05, 4.69) is 0 Å². The van der Waals surface area contributed by atoms with Gasteiger partial charge in [0, 0.05) is 14.0 Å². The second-order valence-electron chi connectivity index (χ2n) is 4.12. The molecule has 0 spiro atoms. The fourth-order valence-electron chi connectivity index (χ4n) is 2.10. The van der Waals surface area contributed by atoms with E-state index in [1.807, 2.05) is 6.92 Å². The normalized spacial score (nSPS) is 36.1. The van der Waals surface area contributed by atoms with Gasteiger partial charge in [0.1, 0.15) is 24.9 Å². The zero-order chi connectivity index (χ0) is 12.4. The maximum absolute atomic E-state index is 10.8. The first-order valence-corrected chi connectivity index (χ1v) is 5.78. The smallest absolute Gasteiger partial charge is 0.457 e. The molecule has 2 fully saturated rings. The lowest BCUT2D eigenvalue weighted by molar-refractivity contribution is -0.164. The summed E-state index contributed by atoms with van der Waals surface area (Å²) in [6, 6.07) is 0. The zero-order valence-electron chi connectivity index (χ0n) is 10.3. The quantitative estimate of drug-likeness (QED) is 0.520. The van der Waals surface area contributed by atoms with Crippen LogP contribution in [0.2, 0.25) is 6.32 Å². The number of carbonyl (C=O) groups is 1. The van der Waals surface area contributed by atoms with E-state index in [1.54, 1.807) is 7.11 Å². The lowest BCUT2D eigenvalue weighted by Crippen LogP contribution is -2.33. The largest absolute Gasteiger partial charge is 0.463 e. The third kappa shape index (κ3) is 2.62. The molecule has 2 saturated heterocycles. The molecule has 2 aliphatic heterocycles. The van der Waals surface area contributed by atoms with Crippen LogP contribution in [0.4, 0.5) is 0 Å². The molecule has 6 nitrogen and oxygen atoms in total. The fraction of sp³-hybridized carbons (Fsp3) is 0.900. The van der Waals surface area contributed by atoms with Crippen LogP contribution in [0.3, 0.4) is 0 Å². The molecular weight excluding hydrogens is 227 g/mol. The van der Waals surface area contributed by atoms with Crippen LogP contribution in [0.1, 0.15) is 13.8 Å². The molecule has 0 aromatic heterocycles. The van der Waals surface area contributed by atoms with Crippen LogP contribution in [-0.4, -0.2) is 51.4 Å². The summed E-state index contributed by atoms with van der Waals surface area (Å²) >= 11 is 0. The van der Waals surface area contributed by atoms with Gasteiger partial charge in [-0.25, -0.2) is 0 Å². The lowest BCUT2D eigenvalue weighted by atomic mass is 9.87. The number of rotatable bonds is 4. The van der Waals surface area contributed by atoms with Gasteiger partial charge in [0.25, 0.3) is 0 Å². The molecule has 2 aliphatic rings. The first-order valence-electron chi connectivity index (χ1n) is 5.78. The van der Waals surface area contributed by atoms with E-state index in [9.17, 15) is 4.79 Å². The Balaban J connectivity index is 1.97. The molecule has 0 radical (unpaired) electrons. The SMILES string of the molecule is CCB1O[C@@H]2[C@H](OC)O[C@H](COC(C)=O)[C@@H]2O1. The number of methoxy groups -OCH3 is 1. The van der Waals surface area contributed by atoms with E-state index in [1.165, 1.54) is 6.92 Å². The molecule has 17 heavy (non-hydrogen) atoms. The van der Waals surface area contributed by atoms with Gasteiger partial charge in [0.15, 0.2) is 6.29 Å². The molecule has 4 atom stereocenters. The van der Waals surface area contributed by atoms with Crippen LogP contribution in [0.5, 0.6) is 0 Å². The minimum absolute atomic E-state index is 0.163. The van der Waals surface area contributed by atoms with Gasteiger partial charge in [-0.05, 0) is 6.32 Å². The Kier molecular flexibility index (Phi) is 4.03. The molecule has 0 bridgehead atoms. The number of fused-ring (bicyclic) bond motifs is 1. The molecule has 2 rings (SSSR count). The van der Waals surface area contributed by atoms with E-state index in [0.717, 1.165) is 6.32 Å². The van der Waals surface area contributed by atoms with Crippen molar-refractivity contribution in [3.05, 3.63) is 0 Å². The molecular formula is C10H17BO6. The Hall–Kier alpha value is -0.625. The number of ether oxygens (including phenoxy) is 3. The Morgan fingerprint density at radius 2 is 2.06 bits per heavy atom. The monoisotopic (exact) mass is 244 g/mol. The van der Waals surface area contributed by atoms with Gasteiger partial charge in [0.05, 0.1) is 0 Å². The van der Waals surface area contributed by atoms with Gasteiger partial charge in [0.2, 0.25) is 0 Å². The van der Waals surface area contributed by atoms with E-state index >= 15 is 0 Å². The van der Waals surface area contributed by atoms with E-state index in [4.69, 9.17) is 23.5 Å². The number of carbonyl (C=O) groups excluding carboxylic acids is 1. The molecule has 0 aliphatic carbocycles. The van der Waals surface area contributed by atoms with Gasteiger partial charge in [-0.3, -0.25) is 4.79 Å². The first-order chi connectivity index (χ1) is 8.15. The van der Waals surface area contributed by atoms with Gasteiger partial charge in [-0.15, -0.1) is 0 Å². The topological polar surface area (TPSA) is 63.2 Å². The minimum atomic E-state index is -0.461. The number of hydrogen-bond acceptors (Lipinski definition) is 6. The van der Waals surface area contributed by atoms with Gasteiger partial charge < -0.3 is 23.5 Å². The molecule has 0 unspecified atom stereocenters. The molecule has 2 heterocycles. The Labute approximate surface area is 101 Å². The number of hydrogen-bond donors (Lipinski definition) is 0. The van der Waals surface area contributed by atoms with Gasteiger partial charge >= 0.3 is 13.1 Å². The van der Waals surface area contributed by atoms with E-state index in [0.29, 0.717) is 0 Å². The molecule has 0 aromatic carbocycles. The van der Waals surface area contributed by atoms with Crippen molar-refractivity contribution in [2.24, 2.45) is 0 Å². The maximum Gasteiger partial charge on any atom is 0.457 e. The summed E-state index contributed by atoms with van der Waals surface area (Å²) in [5, 5.41) is 0. The average Bonchev–Trinajstić information content (AvgIpc) is 2.84. The third-order valence-electron chi connectivity index (χ3n) is 2.90. The predicted molar refractivity (Wildman–Crippen MR) is 58.3 cm³/mol. The summed E-state index contributed by atoms with van der Waals surface area (Å²) in [6.45, 7) is 3.51. The van der Waals surface area contributed by atoms with Crippen molar-refractivity contribution in [1.29, 1.82) is 0 Å². The standard InChI is InChI=1S/C10H17BO6/c1-4-11-16-8-7(5-14-6(2)12)15-10(13-3)9(8)17-11/h7-10H,4-5H2,1-3H3/t7-,8+,9+,10-/m1/s1. The van der Waals surface area contributed by atoms with Crippen LogP contribution >= 0.6 is 0 Å². The molecule has 0 saturated carbocycles. The fourth-order valence-corrected chi connectivity index (χ4v) is 2.10. The van der Waals surface area contributed by atoms with Crippen molar-refractivity contribution in [3.8, 4) is 0 Å². The lowest BCUT2D eigenvalue weighted by Gasteiger charge is -2.17. The molecule has 96 valence electrons. The Morgan fingerprint density at radius 1 is 1.35 bits per heavy atom. The Bertz CT molecular complexity index is 286. The van der Waals surface area contributed by atoms with E-state index in [-0.39, 0.29) is 38.0 Å². The highest BCUT2D eigenvalue weighted by molar-refractivity contribution is 6.45. The summed E-state index contributed by atoms with van der Waals surface area (Å²) in [7, 11) is 1.32. The van der Waals surface area contributed by atoms with Crippen molar-refractivity contribution in [2.75, 3.05) is 13.7 Å². The van der Waals surface area contributed by atoms with Crippen LogP contribution in [-0.2, 0) is 28.3 Å². The molecule has 0 aromatic rings. The second kappa shape index (κ2) is 5.35. The van der Waals surface area contributed by atoms with Crippen LogP contribution < -0.4 is 0 Å². The molecule has 0 N–H and O–H groups in total. The summed E-state index contributed by atoms with van der Waals surface area (Å²) in [6.07, 6.45) is -0.499. The first kappa shape index (κ1) is 12.8. The Morgan fingerprint density at radius 3 is 2.65 bits per heavy atom. The number of esters is 1.